The van der Waals surface area contributed by atoms with Crippen molar-refractivity contribution in [3.8, 4) is 5.75 Å². The predicted molar refractivity (Wildman–Crippen MR) is 85.8 cm³/mol. The van der Waals surface area contributed by atoms with E-state index >= 15 is 0 Å². The predicted octanol–water partition coefficient (Wildman–Crippen LogP) is 3.42. The molecule has 1 fully saturated rings. The van der Waals surface area contributed by atoms with E-state index in [0.717, 1.165) is 12.8 Å². The number of rotatable bonds is 0. The van der Waals surface area contributed by atoms with Crippen LogP contribution in [0.1, 0.15) is 50.4 Å². The number of amides is 1. The van der Waals surface area contributed by atoms with Gasteiger partial charge in [0, 0.05) is 6.54 Å². The number of piperidine rings is 1. The number of likely N-dealkylation sites (tertiary alicyclic amines) is 1. The van der Waals surface area contributed by atoms with Gasteiger partial charge in [-0.2, -0.15) is 0 Å². The number of ketones is 1. The Morgan fingerprint density at radius 3 is 2.78 bits per heavy atom. The number of benzene rings is 1. The summed E-state index contributed by atoms with van der Waals surface area (Å²) in [6.07, 6.45) is 1.54. The van der Waals surface area contributed by atoms with Crippen molar-refractivity contribution in [3.63, 3.8) is 0 Å². The van der Waals surface area contributed by atoms with Crippen molar-refractivity contribution in [1.82, 2.24) is 4.90 Å². The minimum absolute atomic E-state index is 0.0814. The van der Waals surface area contributed by atoms with E-state index in [0.29, 0.717) is 30.8 Å². The molecular formula is C18H23NO4. The van der Waals surface area contributed by atoms with Gasteiger partial charge in [0.25, 0.3) is 0 Å². The van der Waals surface area contributed by atoms with Crippen molar-refractivity contribution in [2.75, 3.05) is 13.1 Å². The largest absolute Gasteiger partial charge is 0.484 e. The minimum atomic E-state index is -0.624. The van der Waals surface area contributed by atoms with Gasteiger partial charge in [-0.1, -0.05) is 12.1 Å². The number of para-hydroxylation sites is 1. The van der Waals surface area contributed by atoms with Gasteiger partial charge in [0.15, 0.2) is 5.78 Å². The molecule has 0 aromatic heterocycles. The highest BCUT2D eigenvalue weighted by molar-refractivity contribution is 6.00. The van der Waals surface area contributed by atoms with Crippen LogP contribution in [0.2, 0.25) is 0 Å². The zero-order valence-corrected chi connectivity index (χ0v) is 13.9. The first-order valence-corrected chi connectivity index (χ1v) is 8.07. The van der Waals surface area contributed by atoms with Gasteiger partial charge in [-0.3, -0.25) is 4.79 Å². The fourth-order valence-electron chi connectivity index (χ4n) is 3.25. The molecule has 5 nitrogen and oxygen atoms in total. The summed E-state index contributed by atoms with van der Waals surface area (Å²) in [5.41, 5.74) is -0.523. The molecule has 0 saturated carbocycles. The zero-order chi connectivity index (χ0) is 16.7. The Labute approximate surface area is 136 Å². The number of hydrogen-bond acceptors (Lipinski definition) is 4. The number of hydrogen-bond donors (Lipinski definition) is 0. The number of Topliss-reactive ketones (excluding diaryl/α,β-unsaturated/α-hetero) is 1. The van der Waals surface area contributed by atoms with E-state index in [2.05, 4.69) is 0 Å². The van der Waals surface area contributed by atoms with Crippen LogP contribution in [0.3, 0.4) is 0 Å². The zero-order valence-electron chi connectivity index (χ0n) is 13.9. The molecule has 0 N–H and O–H groups in total. The second kappa shape index (κ2) is 5.55. The van der Waals surface area contributed by atoms with Gasteiger partial charge < -0.3 is 14.4 Å². The van der Waals surface area contributed by atoms with E-state index in [4.69, 9.17) is 9.47 Å². The van der Waals surface area contributed by atoms with Crippen molar-refractivity contribution in [1.29, 1.82) is 0 Å². The lowest BCUT2D eigenvalue weighted by atomic mass is 9.83. The third kappa shape index (κ3) is 3.33. The molecule has 1 spiro atoms. The molecule has 2 aliphatic heterocycles. The van der Waals surface area contributed by atoms with E-state index in [1.54, 1.807) is 11.0 Å². The highest BCUT2D eigenvalue weighted by Crippen LogP contribution is 2.38. The van der Waals surface area contributed by atoms with E-state index in [1.807, 2.05) is 39.0 Å². The molecule has 0 aliphatic carbocycles. The van der Waals surface area contributed by atoms with E-state index in [1.165, 1.54) is 0 Å². The first-order valence-electron chi connectivity index (χ1n) is 8.07. The quantitative estimate of drug-likeness (QED) is 0.735. The van der Waals surface area contributed by atoms with Gasteiger partial charge in [-0.25, -0.2) is 4.79 Å². The summed E-state index contributed by atoms with van der Waals surface area (Å²) in [5, 5.41) is 0. The van der Waals surface area contributed by atoms with Crippen LogP contribution in [-0.4, -0.2) is 41.1 Å². The third-order valence-corrected chi connectivity index (χ3v) is 4.19. The average molecular weight is 317 g/mol. The molecule has 1 aromatic rings. The number of carbonyl (C=O) groups is 2. The number of ether oxygens (including phenoxy) is 2. The molecule has 1 saturated heterocycles. The van der Waals surface area contributed by atoms with Gasteiger partial charge in [0.05, 0.1) is 18.5 Å². The maximum atomic E-state index is 12.4. The summed E-state index contributed by atoms with van der Waals surface area (Å²) < 4.78 is 11.6. The van der Waals surface area contributed by atoms with Gasteiger partial charge in [-0.05, 0) is 45.7 Å². The summed E-state index contributed by atoms with van der Waals surface area (Å²) in [6, 6.07) is 7.31. The standard InChI is InChI=1S/C18H23NO4/c1-17(2,3)23-16(21)19-10-6-9-18(12-19)11-14(20)13-7-4-5-8-15(13)22-18/h4-5,7-8H,6,9-12H2,1-3H3. The van der Waals surface area contributed by atoms with Gasteiger partial charge in [0.1, 0.15) is 17.0 Å². The lowest BCUT2D eigenvalue weighted by molar-refractivity contribution is -0.0334. The first-order chi connectivity index (χ1) is 10.8. The lowest BCUT2D eigenvalue weighted by Gasteiger charge is -2.44. The number of carbonyl (C=O) groups excluding carboxylic acids is 2. The lowest BCUT2D eigenvalue weighted by Crippen LogP contribution is -2.56. The SMILES string of the molecule is CC(C)(C)OC(=O)N1CCCC2(CC(=O)c3ccccc3O2)C1. The maximum absolute atomic E-state index is 12.4. The summed E-state index contributed by atoms with van der Waals surface area (Å²) in [4.78, 5) is 26.4. The molecule has 1 aromatic carbocycles. The van der Waals surface area contributed by atoms with Crippen LogP contribution in [0, 0.1) is 0 Å². The summed E-state index contributed by atoms with van der Waals surface area (Å²) in [6.45, 7) is 6.57. The molecule has 3 rings (SSSR count). The average Bonchev–Trinajstić information content (AvgIpc) is 2.45. The second-order valence-electron chi connectivity index (χ2n) is 7.39. The maximum Gasteiger partial charge on any atom is 0.410 e. The molecule has 1 atom stereocenters. The Bertz CT molecular complexity index is 634. The van der Waals surface area contributed by atoms with Crippen molar-refractivity contribution in [3.05, 3.63) is 29.8 Å². The summed E-state index contributed by atoms with van der Waals surface area (Å²) in [7, 11) is 0. The monoisotopic (exact) mass is 317 g/mol. The molecule has 5 heteroatoms. The van der Waals surface area contributed by atoms with Gasteiger partial charge >= 0.3 is 6.09 Å². The first kappa shape index (κ1) is 15.8. The van der Waals surface area contributed by atoms with Gasteiger partial charge in [-0.15, -0.1) is 0 Å². The van der Waals surface area contributed by atoms with Crippen molar-refractivity contribution in [2.45, 2.75) is 51.2 Å². The molecule has 0 radical (unpaired) electrons. The van der Waals surface area contributed by atoms with Crippen LogP contribution in [0.5, 0.6) is 5.75 Å². The third-order valence-electron chi connectivity index (χ3n) is 4.19. The van der Waals surface area contributed by atoms with Crippen molar-refractivity contribution < 1.29 is 19.1 Å². The molecule has 2 heterocycles. The van der Waals surface area contributed by atoms with Crippen LogP contribution >= 0.6 is 0 Å². The summed E-state index contributed by atoms with van der Waals surface area (Å²) >= 11 is 0. The van der Waals surface area contributed by atoms with E-state index in [9.17, 15) is 9.59 Å². The molecule has 0 bridgehead atoms. The molecule has 2 aliphatic rings. The van der Waals surface area contributed by atoms with Crippen LogP contribution in [0.25, 0.3) is 0 Å². The Morgan fingerprint density at radius 2 is 2.04 bits per heavy atom. The highest BCUT2D eigenvalue weighted by atomic mass is 16.6. The minimum Gasteiger partial charge on any atom is -0.484 e. The molecule has 1 unspecified atom stereocenters. The second-order valence-corrected chi connectivity index (χ2v) is 7.39. The molecule has 1 amide bonds. The van der Waals surface area contributed by atoms with Crippen LogP contribution in [-0.2, 0) is 4.74 Å². The fourth-order valence-corrected chi connectivity index (χ4v) is 3.25. The fraction of sp³-hybridized carbons (Fsp3) is 0.556. The van der Waals surface area contributed by atoms with Crippen molar-refractivity contribution >= 4 is 11.9 Å². The molecule has 23 heavy (non-hydrogen) atoms. The highest BCUT2D eigenvalue weighted by Gasteiger charge is 2.45. The number of nitrogens with zero attached hydrogens (tertiary/aromatic N) is 1. The Balaban J connectivity index is 1.79. The molecule has 124 valence electrons. The number of fused-ring (bicyclic) bond motifs is 1. The molecular weight excluding hydrogens is 294 g/mol. The van der Waals surface area contributed by atoms with E-state index in [-0.39, 0.29) is 11.9 Å². The van der Waals surface area contributed by atoms with Crippen molar-refractivity contribution in [2.24, 2.45) is 0 Å². The van der Waals surface area contributed by atoms with Crippen LogP contribution < -0.4 is 4.74 Å². The van der Waals surface area contributed by atoms with Crippen LogP contribution in [0.4, 0.5) is 4.79 Å². The smallest absolute Gasteiger partial charge is 0.410 e. The van der Waals surface area contributed by atoms with Gasteiger partial charge in [0.2, 0.25) is 0 Å². The Hall–Kier alpha value is -2.04. The Morgan fingerprint density at radius 1 is 1.30 bits per heavy atom. The topological polar surface area (TPSA) is 55.8 Å². The van der Waals surface area contributed by atoms with Crippen LogP contribution in [0.15, 0.2) is 24.3 Å². The van der Waals surface area contributed by atoms with E-state index < -0.39 is 11.2 Å². The normalized spacial score (nSPS) is 24.1. The Kier molecular flexibility index (Phi) is 3.82. The summed E-state index contributed by atoms with van der Waals surface area (Å²) in [5.74, 6) is 0.702.